The van der Waals surface area contributed by atoms with Crippen LogP contribution in [0.1, 0.15) is 0 Å². The highest BCUT2D eigenvalue weighted by Gasteiger charge is 1.93. The van der Waals surface area contributed by atoms with Crippen molar-refractivity contribution in [2.45, 2.75) is 5.03 Å². The maximum atomic E-state index is 10.2. The summed E-state index contributed by atoms with van der Waals surface area (Å²) in [5, 5.41) is 6.67. The van der Waals surface area contributed by atoms with Crippen LogP contribution in [0.25, 0.3) is 0 Å². The van der Waals surface area contributed by atoms with E-state index in [1.807, 2.05) is 0 Å². The predicted molar refractivity (Wildman–Crippen MR) is 34.2 cm³/mol. The highest BCUT2D eigenvalue weighted by molar-refractivity contribution is 7.79. The summed E-state index contributed by atoms with van der Waals surface area (Å²) < 4.78 is 20.3. The van der Waals surface area contributed by atoms with Crippen molar-refractivity contribution in [3.05, 3.63) is 17.3 Å². The van der Waals surface area contributed by atoms with E-state index in [1.165, 1.54) is 12.1 Å². The molecule has 0 amide bonds. The fourth-order valence-corrected chi connectivity index (χ4v) is 0.780. The molecule has 1 rings (SSSR count). The fraction of sp³-hybridized carbons (Fsp3) is 0. The van der Waals surface area contributed by atoms with E-state index in [0.29, 0.717) is 0 Å². The molecule has 0 fully saturated rings. The number of aromatic nitrogens is 2. The van der Waals surface area contributed by atoms with E-state index >= 15 is 0 Å². The number of hydrogen-bond donors (Lipinski definition) is 0. The Hall–Kier alpha value is -0.520. The van der Waals surface area contributed by atoms with Gasteiger partial charge in [0.25, 0.3) is 0 Å². The zero-order valence-electron chi connectivity index (χ0n) is 4.65. The van der Waals surface area contributed by atoms with Gasteiger partial charge in [-0.2, -0.15) is 0 Å². The maximum absolute atomic E-state index is 10.2. The molecule has 6 heteroatoms. The summed E-state index contributed by atoms with van der Waals surface area (Å²) in [6.45, 7) is 0. The van der Waals surface area contributed by atoms with Crippen LogP contribution in [0.2, 0.25) is 5.15 Å². The number of hydrogen-bond acceptors (Lipinski definition) is 4. The molecule has 0 radical (unpaired) electrons. The Bertz CT molecular complexity index is 250. The lowest BCUT2D eigenvalue weighted by molar-refractivity contribution is 0.531. The molecule has 1 atom stereocenters. The highest BCUT2D eigenvalue weighted by Crippen LogP contribution is 2.03. The van der Waals surface area contributed by atoms with Crippen molar-refractivity contribution >= 4 is 22.7 Å². The zero-order valence-corrected chi connectivity index (χ0v) is 6.22. The first kappa shape index (κ1) is 7.59. The van der Waals surface area contributed by atoms with E-state index in [9.17, 15) is 8.76 Å². The second kappa shape index (κ2) is 3.05. The Balaban J connectivity index is 3.00. The molecule has 4 nitrogen and oxygen atoms in total. The van der Waals surface area contributed by atoms with Crippen LogP contribution in [0.5, 0.6) is 0 Å². The van der Waals surface area contributed by atoms with Gasteiger partial charge in [0.2, 0.25) is 0 Å². The van der Waals surface area contributed by atoms with Crippen molar-refractivity contribution in [1.82, 2.24) is 10.2 Å². The van der Waals surface area contributed by atoms with Crippen LogP contribution in [0.3, 0.4) is 0 Å². The largest absolute Gasteiger partial charge is 0.767 e. The lowest BCUT2D eigenvalue weighted by Gasteiger charge is -2.00. The molecule has 0 bridgehead atoms. The van der Waals surface area contributed by atoms with Crippen LogP contribution in [0.15, 0.2) is 17.2 Å². The Morgan fingerprint density at radius 1 is 1.50 bits per heavy atom. The van der Waals surface area contributed by atoms with E-state index in [4.69, 9.17) is 11.6 Å². The third kappa shape index (κ3) is 1.73. The Morgan fingerprint density at radius 2 is 2.20 bits per heavy atom. The minimum absolute atomic E-state index is 0.107. The minimum atomic E-state index is -2.32. The van der Waals surface area contributed by atoms with Gasteiger partial charge in [-0.25, -0.2) is 0 Å². The van der Waals surface area contributed by atoms with Gasteiger partial charge in [-0.1, -0.05) is 11.6 Å². The van der Waals surface area contributed by atoms with Crippen LogP contribution < -0.4 is 0 Å². The third-order valence-corrected chi connectivity index (χ3v) is 1.54. The summed E-state index contributed by atoms with van der Waals surface area (Å²) in [7, 11) is 0. The van der Waals surface area contributed by atoms with E-state index in [0.717, 1.165) is 0 Å². The van der Waals surface area contributed by atoms with Gasteiger partial charge >= 0.3 is 0 Å². The second-order valence-electron chi connectivity index (χ2n) is 1.43. The van der Waals surface area contributed by atoms with Gasteiger partial charge in [0, 0.05) is 0 Å². The van der Waals surface area contributed by atoms with Crippen LogP contribution >= 0.6 is 11.6 Å². The maximum Gasteiger partial charge on any atom is 0.151 e. The van der Waals surface area contributed by atoms with Gasteiger partial charge in [-0.3, -0.25) is 4.21 Å². The molecule has 1 unspecified atom stereocenters. The van der Waals surface area contributed by atoms with Crippen LogP contribution in [0.4, 0.5) is 0 Å². The summed E-state index contributed by atoms with van der Waals surface area (Å²) in [4.78, 5) is 0. The lowest BCUT2D eigenvalue weighted by Crippen LogP contribution is -1.94. The summed E-state index contributed by atoms with van der Waals surface area (Å²) in [6, 6.07) is 2.64. The van der Waals surface area contributed by atoms with E-state index in [2.05, 4.69) is 10.2 Å². The van der Waals surface area contributed by atoms with Gasteiger partial charge in [0.1, 0.15) is 5.03 Å². The summed E-state index contributed by atoms with van der Waals surface area (Å²) in [6.07, 6.45) is 0. The van der Waals surface area contributed by atoms with Crippen molar-refractivity contribution in [1.29, 1.82) is 0 Å². The molecule has 0 aliphatic rings. The molecule has 1 aromatic heterocycles. The van der Waals surface area contributed by atoms with Crippen LogP contribution in [-0.4, -0.2) is 19.0 Å². The van der Waals surface area contributed by atoms with Crippen molar-refractivity contribution in [2.75, 3.05) is 0 Å². The van der Waals surface area contributed by atoms with Crippen LogP contribution in [0, 0.1) is 0 Å². The molecule has 0 spiro atoms. The van der Waals surface area contributed by atoms with Gasteiger partial charge < -0.3 is 4.55 Å². The normalized spacial score (nSPS) is 13.0. The molecule has 1 heterocycles. The standard InChI is InChI=1S/C4H3ClN2O2S/c5-3-1-2-4(7-6-3)10(8)9/h1-2H,(H,8,9)/p-1. The monoisotopic (exact) mass is 177 g/mol. The van der Waals surface area contributed by atoms with Crippen molar-refractivity contribution in [3.8, 4) is 0 Å². The van der Waals surface area contributed by atoms with Gasteiger partial charge in [0.15, 0.2) is 5.15 Å². The van der Waals surface area contributed by atoms with Gasteiger partial charge in [0.05, 0.1) is 0 Å². The van der Waals surface area contributed by atoms with Gasteiger partial charge in [-0.15, -0.1) is 10.2 Å². The number of halogens is 1. The Morgan fingerprint density at radius 3 is 2.60 bits per heavy atom. The van der Waals surface area contributed by atoms with Crippen LogP contribution in [-0.2, 0) is 11.1 Å². The number of nitrogens with zero attached hydrogens (tertiary/aromatic N) is 2. The first-order valence-corrected chi connectivity index (χ1v) is 3.74. The van der Waals surface area contributed by atoms with Crippen molar-refractivity contribution in [3.63, 3.8) is 0 Å². The quantitative estimate of drug-likeness (QED) is 0.582. The van der Waals surface area contributed by atoms with E-state index in [1.54, 1.807) is 0 Å². The SMILES string of the molecule is O=S([O-])c1ccc(Cl)nn1. The molecule has 0 N–H and O–H groups in total. The van der Waals surface area contributed by atoms with E-state index in [-0.39, 0.29) is 10.2 Å². The second-order valence-corrected chi connectivity index (χ2v) is 2.70. The Labute approximate surface area is 64.5 Å². The first-order chi connectivity index (χ1) is 4.70. The summed E-state index contributed by atoms with van der Waals surface area (Å²) in [5.41, 5.74) is 0. The average molecular weight is 178 g/mol. The molecule has 0 aliphatic heterocycles. The number of rotatable bonds is 1. The molecular formula is C4H2ClN2O2S-. The van der Waals surface area contributed by atoms with Gasteiger partial charge in [-0.05, 0) is 23.2 Å². The lowest BCUT2D eigenvalue weighted by atomic mass is 10.6. The molecule has 10 heavy (non-hydrogen) atoms. The van der Waals surface area contributed by atoms with E-state index < -0.39 is 11.1 Å². The molecular weight excluding hydrogens is 176 g/mol. The zero-order chi connectivity index (χ0) is 7.56. The molecule has 1 aromatic rings. The predicted octanol–water partition coefficient (Wildman–Crippen LogP) is 0.368. The summed E-state index contributed by atoms with van der Waals surface area (Å²) in [5.74, 6) is 0. The molecule has 0 saturated heterocycles. The minimum Gasteiger partial charge on any atom is -0.767 e. The first-order valence-electron chi connectivity index (χ1n) is 2.28. The topological polar surface area (TPSA) is 65.9 Å². The smallest absolute Gasteiger partial charge is 0.151 e. The summed E-state index contributed by atoms with van der Waals surface area (Å²) >= 11 is 3.02. The fourth-order valence-electron chi connectivity index (χ4n) is 0.393. The van der Waals surface area contributed by atoms with Crippen molar-refractivity contribution in [2.24, 2.45) is 0 Å². The molecule has 0 aromatic carbocycles. The molecule has 0 saturated carbocycles. The third-order valence-electron chi connectivity index (χ3n) is 0.778. The van der Waals surface area contributed by atoms with Crippen molar-refractivity contribution < 1.29 is 8.76 Å². The average Bonchev–Trinajstić information content (AvgIpc) is 1.88. The molecule has 54 valence electrons. The highest BCUT2D eigenvalue weighted by atomic mass is 35.5. The molecule has 0 aliphatic carbocycles. The Kier molecular flexibility index (Phi) is 2.31.